The number of unbranched alkanes of at least 4 members (excludes halogenated alkanes) is 2. The van der Waals surface area contributed by atoms with Crippen LogP contribution in [0.4, 0.5) is 4.79 Å². The van der Waals surface area contributed by atoms with Crippen LogP contribution in [-0.2, 0) is 14.3 Å². The number of nitrogens with one attached hydrogen (secondary N) is 2. The standard InChI is InChI=1S/C18H34N4O4.HI/c1-6-19-16(20-11-9-7-8-10-15(23)25-5)21-14-12-22(13-14)17(24)26-18(2,3)4;/h14H,6-13H2,1-5H3,(H2,19,20,21);1H. The number of hydrogen-bond donors (Lipinski definition) is 2. The van der Waals surface area contributed by atoms with Crippen molar-refractivity contribution >= 4 is 42.0 Å². The predicted molar refractivity (Wildman–Crippen MR) is 117 cm³/mol. The first-order valence-electron chi connectivity index (χ1n) is 9.34. The van der Waals surface area contributed by atoms with Gasteiger partial charge < -0.3 is 25.0 Å². The van der Waals surface area contributed by atoms with Gasteiger partial charge in [-0.05, 0) is 40.5 Å². The molecule has 9 heteroatoms. The third-order valence-corrected chi connectivity index (χ3v) is 3.75. The summed E-state index contributed by atoms with van der Waals surface area (Å²) in [5.41, 5.74) is -0.472. The molecule has 0 bridgehead atoms. The van der Waals surface area contributed by atoms with Gasteiger partial charge >= 0.3 is 12.1 Å². The van der Waals surface area contributed by atoms with Gasteiger partial charge in [0.05, 0.1) is 13.2 Å². The van der Waals surface area contributed by atoms with E-state index in [1.807, 2.05) is 27.7 Å². The number of esters is 1. The van der Waals surface area contributed by atoms with Crippen molar-refractivity contribution in [1.29, 1.82) is 0 Å². The second-order valence-electron chi connectivity index (χ2n) is 7.37. The molecular weight excluding hydrogens is 463 g/mol. The topological polar surface area (TPSA) is 92.3 Å². The lowest BCUT2D eigenvalue weighted by atomic mass is 10.1. The molecule has 2 N–H and O–H groups in total. The van der Waals surface area contributed by atoms with Gasteiger partial charge in [0.1, 0.15) is 5.60 Å². The number of aliphatic imine (C=N–C) groups is 1. The molecule has 158 valence electrons. The van der Waals surface area contributed by atoms with E-state index in [0.29, 0.717) is 26.1 Å². The smallest absolute Gasteiger partial charge is 0.410 e. The van der Waals surface area contributed by atoms with Gasteiger partial charge in [-0.3, -0.25) is 9.79 Å². The molecule has 1 fully saturated rings. The van der Waals surface area contributed by atoms with Gasteiger partial charge in [0.15, 0.2) is 5.96 Å². The van der Waals surface area contributed by atoms with Gasteiger partial charge in [0.25, 0.3) is 0 Å². The largest absolute Gasteiger partial charge is 0.469 e. The second-order valence-corrected chi connectivity index (χ2v) is 7.37. The van der Waals surface area contributed by atoms with Crippen LogP contribution in [-0.4, -0.2) is 67.9 Å². The molecule has 1 aliphatic rings. The van der Waals surface area contributed by atoms with Crippen LogP contribution in [0.5, 0.6) is 0 Å². The Hall–Kier alpha value is -1.26. The maximum absolute atomic E-state index is 11.9. The average Bonchev–Trinajstić information content (AvgIpc) is 2.51. The van der Waals surface area contributed by atoms with Crippen LogP contribution < -0.4 is 10.6 Å². The highest BCUT2D eigenvalue weighted by molar-refractivity contribution is 14.0. The van der Waals surface area contributed by atoms with E-state index in [4.69, 9.17) is 4.74 Å². The lowest BCUT2D eigenvalue weighted by Crippen LogP contribution is -2.63. The minimum Gasteiger partial charge on any atom is -0.469 e. The highest BCUT2D eigenvalue weighted by Gasteiger charge is 2.34. The maximum atomic E-state index is 11.9. The molecule has 1 amide bonds. The number of rotatable bonds is 8. The molecule has 0 aliphatic carbocycles. The zero-order valence-electron chi connectivity index (χ0n) is 17.2. The number of likely N-dealkylation sites (tertiary alicyclic amines) is 1. The maximum Gasteiger partial charge on any atom is 0.410 e. The van der Waals surface area contributed by atoms with E-state index in [1.54, 1.807) is 4.90 Å². The Morgan fingerprint density at radius 1 is 1.19 bits per heavy atom. The van der Waals surface area contributed by atoms with Gasteiger partial charge in [0, 0.05) is 32.6 Å². The van der Waals surface area contributed by atoms with E-state index in [9.17, 15) is 9.59 Å². The van der Waals surface area contributed by atoms with Crippen LogP contribution >= 0.6 is 24.0 Å². The fraction of sp³-hybridized carbons (Fsp3) is 0.833. The lowest BCUT2D eigenvalue weighted by Gasteiger charge is -2.40. The summed E-state index contributed by atoms with van der Waals surface area (Å²) in [6.45, 7) is 10.3. The van der Waals surface area contributed by atoms with Crippen molar-refractivity contribution in [2.75, 3.05) is 33.3 Å². The molecule has 1 aliphatic heterocycles. The third-order valence-electron chi connectivity index (χ3n) is 3.75. The molecule has 8 nitrogen and oxygen atoms in total. The van der Waals surface area contributed by atoms with Gasteiger partial charge in [-0.25, -0.2) is 4.79 Å². The Morgan fingerprint density at radius 2 is 1.85 bits per heavy atom. The lowest BCUT2D eigenvalue weighted by molar-refractivity contribution is -0.140. The van der Waals surface area contributed by atoms with Crippen molar-refractivity contribution in [3.05, 3.63) is 0 Å². The Bertz CT molecular complexity index is 488. The first-order valence-corrected chi connectivity index (χ1v) is 9.34. The molecule has 0 aromatic rings. The molecule has 0 aromatic carbocycles. The molecule has 0 unspecified atom stereocenters. The summed E-state index contributed by atoms with van der Waals surface area (Å²) in [7, 11) is 1.41. The highest BCUT2D eigenvalue weighted by Crippen LogP contribution is 2.15. The van der Waals surface area contributed by atoms with Crippen LogP contribution in [0.15, 0.2) is 4.99 Å². The van der Waals surface area contributed by atoms with E-state index >= 15 is 0 Å². The van der Waals surface area contributed by atoms with Gasteiger partial charge in [-0.1, -0.05) is 6.42 Å². The van der Waals surface area contributed by atoms with Gasteiger partial charge in [-0.2, -0.15) is 0 Å². The zero-order valence-corrected chi connectivity index (χ0v) is 19.5. The first kappa shape index (κ1) is 25.7. The fourth-order valence-corrected chi connectivity index (χ4v) is 2.41. The minimum atomic E-state index is -0.472. The Kier molecular flexibility index (Phi) is 12.4. The Labute approximate surface area is 179 Å². The minimum absolute atomic E-state index is 0. The molecule has 0 atom stereocenters. The molecule has 27 heavy (non-hydrogen) atoms. The summed E-state index contributed by atoms with van der Waals surface area (Å²) >= 11 is 0. The number of methoxy groups -OCH3 is 1. The van der Waals surface area contributed by atoms with Gasteiger partial charge in [0.2, 0.25) is 0 Å². The molecule has 0 saturated carbocycles. The van der Waals surface area contributed by atoms with Crippen molar-refractivity contribution in [3.63, 3.8) is 0 Å². The van der Waals surface area contributed by atoms with Crippen LogP contribution in [0, 0.1) is 0 Å². The SMILES string of the molecule is CCNC(=NCCCCCC(=O)OC)NC1CN(C(=O)OC(C)(C)C)C1.I. The molecule has 1 rings (SSSR count). The van der Waals surface area contributed by atoms with E-state index < -0.39 is 5.60 Å². The molecule has 1 saturated heterocycles. The third kappa shape index (κ3) is 11.2. The average molecular weight is 498 g/mol. The van der Waals surface area contributed by atoms with Crippen molar-refractivity contribution in [3.8, 4) is 0 Å². The molecule has 0 aromatic heterocycles. The van der Waals surface area contributed by atoms with E-state index in [-0.39, 0.29) is 42.1 Å². The molecular formula is C18H35IN4O4. The predicted octanol–water partition coefficient (Wildman–Crippen LogP) is 2.51. The summed E-state index contributed by atoms with van der Waals surface area (Å²) in [6, 6.07) is 0.180. The van der Waals surface area contributed by atoms with E-state index in [2.05, 4.69) is 20.4 Å². The summed E-state index contributed by atoms with van der Waals surface area (Å²) in [5, 5.41) is 6.55. The summed E-state index contributed by atoms with van der Waals surface area (Å²) in [6.07, 6.45) is 2.86. The van der Waals surface area contributed by atoms with E-state index in [0.717, 1.165) is 31.8 Å². The summed E-state index contributed by atoms with van der Waals surface area (Å²) < 4.78 is 9.97. The number of ether oxygens (including phenoxy) is 2. The fourth-order valence-electron chi connectivity index (χ4n) is 2.41. The molecule has 1 heterocycles. The number of carbonyl (C=O) groups is 2. The summed E-state index contributed by atoms with van der Waals surface area (Å²) in [5.74, 6) is 0.595. The van der Waals surface area contributed by atoms with Crippen molar-refractivity contribution in [2.24, 2.45) is 4.99 Å². The monoisotopic (exact) mass is 498 g/mol. The number of amides is 1. The van der Waals surface area contributed by atoms with E-state index in [1.165, 1.54) is 7.11 Å². The Morgan fingerprint density at radius 3 is 2.41 bits per heavy atom. The number of guanidine groups is 1. The highest BCUT2D eigenvalue weighted by atomic mass is 127. The zero-order chi connectivity index (χ0) is 19.6. The normalized spacial score (nSPS) is 14.7. The Balaban J connectivity index is 0.00000676. The first-order chi connectivity index (χ1) is 12.2. The molecule has 0 radical (unpaired) electrons. The van der Waals surface area contributed by atoms with Crippen molar-refractivity contribution in [2.45, 2.75) is 65.0 Å². The van der Waals surface area contributed by atoms with Gasteiger partial charge in [-0.15, -0.1) is 24.0 Å². The second kappa shape index (κ2) is 13.0. The van der Waals surface area contributed by atoms with Crippen molar-refractivity contribution < 1.29 is 19.1 Å². The van der Waals surface area contributed by atoms with Crippen LogP contribution in [0.2, 0.25) is 0 Å². The van der Waals surface area contributed by atoms with Crippen LogP contribution in [0.3, 0.4) is 0 Å². The van der Waals surface area contributed by atoms with Crippen molar-refractivity contribution in [1.82, 2.24) is 15.5 Å². The number of halogens is 1. The quantitative estimate of drug-likeness (QED) is 0.176. The molecule has 0 spiro atoms. The number of hydrogen-bond acceptors (Lipinski definition) is 5. The van der Waals surface area contributed by atoms with Crippen LogP contribution in [0.1, 0.15) is 53.4 Å². The number of nitrogens with zero attached hydrogens (tertiary/aromatic N) is 2. The summed E-state index contributed by atoms with van der Waals surface area (Å²) in [4.78, 5) is 29.2. The number of carbonyl (C=O) groups excluding carboxylic acids is 2. The van der Waals surface area contributed by atoms with Crippen LogP contribution in [0.25, 0.3) is 0 Å².